The Kier molecular flexibility index (Phi) is 11.3. The van der Waals surface area contributed by atoms with Gasteiger partial charge in [0.1, 0.15) is 0 Å². The molecule has 155 valence electrons. The minimum atomic E-state index is 0. The molecule has 1 amide bonds. The number of carbonyl (C=O) groups is 1. The summed E-state index contributed by atoms with van der Waals surface area (Å²) in [5.41, 5.74) is 4.60. The number of likely N-dealkylation sites (tertiary alicyclic amines) is 1. The van der Waals surface area contributed by atoms with Crippen molar-refractivity contribution in [3.63, 3.8) is 0 Å². The van der Waals surface area contributed by atoms with Crippen LogP contribution in [-0.2, 0) is 37.5 Å². The first-order chi connectivity index (χ1) is 13.4. The second-order valence-electron chi connectivity index (χ2n) is 8.02. The van der Waals surface area contributed by atoms with Gasteiger partial charge in [0.05, 0.1) is 19.6 Å². The van der Waals surface area contributed by atoms with E-state index in [9.17, 15) is 4.79 Å². The zero-order valence-corrected chi connectivity index (χ0v) is 21.7. The number of hydrogen-bond donors (Lipinski definition) is 1. The number of amides is 1. The number of benzene rings is 2. The molecule has 1 aliphatic rings. The van der Waals surface area contributed by atoms with Crippen LogP contribution >= 0.6 is 0 Å². The topological polar surface area (TPSA) is 29.1 Å². The monoisotopic (exact) mass is 470 g/mol. The van der Waals surface area contributed by atoms with Gasteiger partial charge >= 0.3 is 0 Å². The summed E-state index contributed by atoms with van der Waals surface area (Å²) in [6.45, 7) is 13.9. The number of nitrogens with zero attached hydrogens (tertiary/aromatic N) is 1. The molecule has 1 saturated heterocycles. The molecule has 29 heavy (non-hydrogen) atoms. The van der Waals surface area contributed by atoms with Crippen LogP contribution in [0, 0.1) is 20.8 Å². The maximum Gasteiger partial charge on any atom is 0.282 e. The van der Waals surface area contributed by atoms with Crippen LogP contribution in [0.5, 0.6) is 0 Å². The van der Waals surface area contributed by atoms with Gasteiger partial charge in [-0.15, -0.1) is 0 Å². The molecule has 1 radical (unpaired) electrons. The quantitative estimate of drug-likeness (QED) is 0.563. The molecule has 1 unspecified atom stereocenters. The number of carbonyl (C=O) groups excluding carboxylic acids is 1. The normalized spacial score (nSPS) is 15.5. The van der Waals surface area contributed by atoms with Crippen molar-refractivity contribution in [1.29, 1.82) is 0 Å². The number of aryl methyl sites for hydroxylation is 3. The molecular weight excluding hydrogens is 433 g/mol. The molecule has 4 heteroatoms. The Labute approximate surface area is 202 Å². The Hall–Kier alpha value is -1.03. The van der Waals surface area contributed by atoms with Crippen LogP contribution in [0.1, 0.15) is 49.8 Å². The zero-order chi connectivity index (χ0) is 20.6. The molecule has 1 atom stereocenters. The molecule has 2 aromatic rings. The van der Waals surface area contributed by atoms with E-state index in [1.54, 1.807) is 0 Å². The third kappa shape index (κ3) is 7.01. The first-order valence-electron chi connectivity index (χ1n) is 10.7. The van der Waals surface area contributed by atoms with Gasteiger partial charge in [0.15, 0.2) is 6.04 Å². The third-order valence-electron chi connectivity index (χ3n) is 6.11. The van der Waals surface area contributed by atoms with E-state index < -0.39 is 0 Å². The SMILES string of the molecule is CCC(C(=O)Nc1c(C)cccc1C)[N+]1(CC)CCCC1.Cc1ccccc1.[Y]. The van der Waals surface area contributed by atoms with E-state index >= 15 is 0 Å². The Morgan fingerprint density at radius 2 is 1.48 bits per heavy atom. The summed E-state index contributed by atoms with van der Waals surface area (Å²) in [7, 11) is 0. The van der Waals surface area contributed by atoms with Crippen molar-refractivity contribution < 1.29 is 42.0 Å². The van der Waals surface area contributed by atoms with Gasteiger partial charge in [0.2, 0.25) is 0 Å². The second kappa shape index (κ2) is 12.6. The number of quaternary nitrogens is 1. The van der Waals surface area contributed by atoms with Gasteiger partial charge in [-0.05, 0) is 38.8 Å². The summed E-state index contributed by atoms with van der Waals surface area (Å²) < 4.78 is 0.966. The number of likely N-dealkylation sites (N-methyl/N-ethyl adjacent to an activating group) is 1. The summed E-state index contributed by atoms with van der Waals surface area (Å²) in [6, 6.07) is 16.5. The van der Waals surface area contributed by atoms with Crippen LogP contribution < -0.4 is 5.32 Å². The Morgan fingerprint density at radius 1 is 0.931 bits per heavy atom. The maximum absolute atomic E-state index is 12.9. The van der Waals surface area contributed by atoms with Crippen LogP contribution in [0.15, 0.2) is 48.5 Å². The van der Waals surface area contributed by atoms with Crippen molar-refractivity contribution in [3.8, 4) is 0 Å². The third-order valence-corrected chi connectivity index (χ3v) is 6.11. The molecule has 1 aliphatic heterocycles. The van der Waals surface area contributed by atoms with E-state index in [1.807, 2.05) is 24.3 Å². The summed E-state index contributed by atoms with van der Waals surface area (Å²) in [6.07, 6.45) is 3.41. The molecule has 0 spiro atoms. The Morgan fingerprint density at radius 3 is 1.90 bits per heavy atom. The Bertz CT molecular complexity index is 734. The minimum absolute atomic E-state index is 0. The van der Waals surface area contributed by atoms with Crippen LogP contribution in [0.25, 0.3) is 0 Å². The van der Waals surface area contributed by atoms with Crippen LogP contribution in [0.3, 0.4) is 0 Å². The number of hydrogen-bond acceptors (Lipinski definition) is 1. The van der Waals surface area contributed by atoms with E-state index in [4.69, 9.17) is 0 Å². The Balaban J connectivity index is 0.000000445. The second-order valence-corrected chi connectivity index (χ2v) is 8.02. The fourth-order valence-electron chi connectivity index (χ4n) is 4.39. The molecule has 0 aromatic heterocycles. The molecule has 0 saturated carbocycles. The average Bonchev–Trinajstić information content (AvgIpc) is 3.16. The predicted molar refractivity (Wildman–Crippen MR) is 120 cm³/mol. The largest absolute Gasteiger partial charge is 0.320 e. The predicted octanol–water partition coefficient (Wildman–Crippen LogP) is 5.64. The molecule has 0 bridgehead atoms. The maximum atomic E-state index is 12.9. The molecular formula is C25H37N2OY+. The van der Waals surface area contributed by atoms with Gasteiger partial charge in [-0.3, -0.25) is 4.79 Å². The molecule has 1 fully saturated rings. The molecule has 3 nitrogen and oxygen atoms in total. The van der Waals surface area contributed by atoms with Crippen LogP contribution in [-0.4, -0.2) is 36.1 Å². The summed E-state index contributed by atoms with van der Waals surface area (Å²) in [4.78, 5) is 12.9. The first kappa shape index (κ1) is 26.0. The molecule has 1 N–H and O–H groups in total. The van der Waals surface area contributed by atoms with Gasteiger partial charge < -0.3 is 9.80 Å². The summed E-state index contributed by atoms with van der Waals surface area (Å²) in [5.74, 6) is 0.193. The van der Waals surface area contributed by atoms with Crippen LogP contribution in [0.4, 0.5) is 5.69 Å². The van der Waals surface area contributed by atoms with E-state index in [-0.39, 0.29) is 44.7 Å². The minimum Gasteiger partial charge on any atom is -0.320 e. The van der Waals surface area contributed by atoms with Crippen molar-refractivity contribution in [2.45, 2.75) is 59.9 Å². The van der Waals surface area contributed by atoms with E-state index in [1.165, 1.54) is 18.4 Å². The van der Waals surface area contributed by atoms with Crippen LogP contribution in [0.2, 0.25) is 0 Å². The van der Waals surface area contributed by atoms with Crippen molar-refractivity contribution >= 4 is 11.6 Å². The molecule has 2 aromatic carbocycles. The average molecular weight is 470 g/mol. The molecule has 1 heterocycles. The molecule has 3 rings (SSSR count). The number of rotatable bonds is 5. The summed E-state index contributed by atoms with van der Waals surface area (Å²) >= 11 is 0. The van der Waals surface area contributed by atoms with Gasteiger partial charge in [0, 0.05) is 57.7 Å². The number of para-hydroxylation sites is 1. The molecule has 0 aliphatic carbocycles. The van der Waals surface area contributed by atoms with E-state index in [0.717, 1.165) is 47.4 Å². The van der Waals surface area contributed by atoms with E-state index in [0.29, 0.717) is 0 Å². The smallest absolute Gasteiger partial charge is 0.282 e. The fraction of sp³-hybridized carbons (Fsp3) is 0.480. The van der Waals surface area contributed by atoms with Crippen molar-refractivity contribution in [2.75, 3.05) is 25.0 Å². The van der Waals surface area contributed by atoms with Crippen molar-refractivity contribution in [3.05, 3.63) is 65.2 Å². The van der Waals surface area contributed by atoms with Gasteiger partial charge in [-0.2, -0.15) is 0 Å². The standard InChI is InChI=1S/C18H28N2O.C7H8.Y/c1-5-16(20(6-2)12-7-8-13-20)18(21)19-17-14(3)10-9-11-15(17)4;1-7-5-3-2-4-6-7;/h9-11,16H,5-8,12-13H2,1-4H3;2-6H,1H3;/p+1. The first-order valence-corrected chi connectivity index (χ1v) is 10.7. The van der Waals surface area contributed by atoms with Crippen molar-refractivity contribution in [2.24, 2.45) is 0 Å². The van der Waals surface area contributed by atoms with Gasteiger partial charge in [0.25, 0.3) is 5.91 Å². The fourth-order valence-corrected chi connectivity index (χ4v) is 4.39. The van der Waals surface area contributed by atoms with Gasteiger partial charge in [-0.1, -0.05) is 61.0 Å². The van der Waals surface area contributed by atoms with Crippen molar-refractivity contribution in [1.82, 2.24) is 0 Å². The zero-order valence-electron chi connectivity index (χ0n) is 18.9. The number of nitrogens with one attached hydrogen (secondary N) is 1. The number of anilines is 1. The van der Waals surface area contributed by atoms with Gasteiger partial charge in [-0.25, -0.2) is 0 Å². The summed E-state index contributed by atoms with van der Waals surface area (Å²) in [5, 5.41) is 3.21. The van der Waals surface area contributed by atoms with E-state index in [2.05, 4.69) is 64.2 Å².